The molecule has 9 nitrogen and oxygen atoms in total. The van der Waals surface area contributed by atoms with Crippen LogP contribution in [-0.4, -0.2) is 73.3 Å². The average Bonchev–Trinajstić information content (AvgIpc) is 2.71. The van der Waals surface area contributed by atoms with Crippen molar-refractivity contribution in [1.82, 2.24) is 10.2 Å². The summed E-state index contributed by atoms with van der Waals surface area (Å²) < 4.78 is 4.71. The second kappa shape index (κ2) is 12.2. The van der Waals surface area contributed by atoms with Crippen LogP contribution in [0.5, 0.6) is 0 Å². The number of amides is 3. The van der Waals surface area contributed by atoms with Gasteiger partial charge in [-0.05, 0) is 29.9 Å². The summed E-state index contributed by atoms with van der Waals surface area (Å²) in [6, 6.07) is 6.81. The van der Waals surface area contributed by atoms with Crippen molar-refractivity contribution >= 4 is 36.0 Å². The number of carbonyl (C=O) groups is 3. The number of ether oxygens (including phenoxy) is 1. The number of alkyl carbamates (subject to hydrolysis) is 1. The van der Waals surface area contributed by atoms with Gasteiger partial charge in [0.05, 0.1) is 19.3 Å². The monoisotopic (exact) mass is 484 g/mol. The predicted octanol–water partition coefficient (Wildman–Crippen LogP) is 1.70. The zero-order chi connectivity index (χ0) is 24.1. The first-order valence-corrected chi connectivity index (χ1v) is 10.8. The molecule has 0 aromatic heterocycles. The van der Waals surface area contributed by atoms with Gasteiger partial charge in [0.2, 0.25) is 11.8 Å². The number of nitrogens with zero attached hydrogens (tertiary/aromatic N) is 2. The number of anilines is 1. The highest BCUT2D eigenvalue weighted by atomic mass is 35.5. The van der Waals surface area contributed by atoms with Gasteiger partial charge in [-0.25, -0.2) is 4.79 Å². The molecule has 1 aromatic rings. The Morgan fingerprint density at radius 3 is 2.58 bits per heavy atom. The van der Waals surface area contributed by atoms with Crippen LogP contribution < -0.4 is 16.0 Å². The number of benzene rings is 1. The number of aliphatic hydroxyl groups is 1. The summed E-state index contributed by atoms with van der Waals surface area (Å²) in [6.07, 6.45) is -0.181. The Morgan fingerprint density at radius 2 is 1.97 bits per heavy atom. The van der Waals surface area contributed by atoms with Gasteiger partial charge in [0.15, 0.2) is 0 Å². The van der Waals surface area contributed by atoms with Crippen molar-refractivity contribution in [1.29, 1.82) is 0 Å². The molecule has 1 aliphatic rings. The van der Waals surface area contributed by atoms with E-state index in [1.165, 1.54) is 18.9 Å². The molecule has 0 fully saturated rings. The van der Waals surface area contributed by atoms with Gasteiger partial charge in [-0.3, -0.25) is 9.59 Å². The fourth-order valence-corrected chi connectivity index (χ4v) is 4.05. The van der Waals surface area contributed by atoms with E-state index in [4.69, 9.17) is 10.5 Å². The Kier molecular flexibility index (Phi) is 10.6. The summed E-state index contributed by atoms with van der Waals surface area (Å²) in [5, 5.41) is 13.2. The molecule has 0 saturated carbocycles. The van der Waals surface area contributed by atoms with E-state index in [1.807, 2.05) is 38.1 Å². The number of carbonyl (C=O) groups excluding carboxylic acids is 3. The van der Waals surface area contributed by atoms with Gasteiger partial charge in [0, 0.05) is 45.2 Å². The lowest BCUT2D eigenvalue weighted by Crippen LogP contribution is -2.51. The fraction of sp³-hybridized carbons (Fsp3) is 0.609. The van der Waals surface area contributed by atoms with Crippen LogP contribution in [0.25, 0.3) is 0 Å². The van der Waals surface area contributed by atoms with Crippen LogP contribution in [0.2, 0.25) is 0 Å². The molecule has 0 spiro atoms. The molecule has 10 heteroatoms. The van der Waals surface area contributed by atoms with Crippen molar-refractivity contribution in [2.24, 2.45) is 11.1 Å². The normalized spacial score (nSPS) is 17.2. The van der Waals surface area contributed by atoms with E-state index in [9.17, 15) is 19.5 Å². The number of methoxy groups -OCH3 is 1. The van der Waals surface area contributed by atoms with E-state index in [0.717, 1.165) is 11.3 Å². The quantitative estimate of drug-likeness (QED) is 0.515. The lowest BCUT2D eigenvalue weighted by molar-refractivity contribution is -0.129. The van der Waals surface area contributed by atoms with Crippen molar-refractivity contribution in [3.05, 3.63) is 29.8 Å². The van der Waals surface area contributed by atoms with Gasteiger partial charge in [-0.1, -0.05) is 32.0 Å². The van der Waals surface area contributed by atoms with E-state index in [1.54, 1.807) is 11.9 Å². The maximum Gasteiger partial charge on any atom is 0.407 e. The Hall–Kier alpha value is -2.36. The average molecular weight is 485 g/mol. The van der Waals surface area contributed by atoms with E-state index in [2.05, 4.69) is 5.32 Å². The highest BCUT2D eigenvalue weighted by Gasteiger charge is 2.34. The highest BCUT2D eigenvalue weighted by Crippen LogP contribution is 2.32. The lowest BCUT2D eigenvalue weighted by Gasteiger charge is -2.37. The van der Waals surface area contributed by atoms with Crippen LogP contribution >= 0.6 is 12.4 Å². The Bertz CT molecular complexity index is 835. The molecule has 3 amide bonds. The number of aliphatic hydroxyl groups excluding tert-OH is 1. The van der Waals surface area contributed by atoms with Gasteiger partial charge >= 0.3 is 6.09 Å². The van der Waals surface area contributed by atoms with Crippen molar-refractivity contribution < 1.29 is 24.2 Å². The third kappa shape index (κ3) is 8.17. The van der Waals surface area contributed by atoms with Crippen molar-refractivity contribution in [2.45, 2.75) is 58.2 Å². The predicted molar refractivity (Wildman–Crippen MR) is 129 cm³/mol. The summed E-state index contributed by atoms with van der Waals surface area (Å²) in [6.45, 7) is 5.79. The van der Waals surface area contributed by atoms with Crippen LogP contribution in [0.15, 0.2) is 24.3 Å². The molecule has 33 heavy (non-hydrogen) atoms. The van der Waals surface area contributed by atoms with Crippen LogP contribution in [0.1, 0.15) is 39.2 Å². The minimum atomic E-state index is -0.886. The largest absolute Gasteiger partial charge is 0.453 e. The summed E-state index contributed by atoms with van der Waals surface area (Å²) in [5.41, 5.74) is 7.53. The Morgan fingerprint density at radius 1 is 1.33 bits per heavy atom. The second-order valence-electron chi connectivity index (χ2n) is 9.35. The number of para-hydroxylation sites is 1. The molecular weight excluding hydrogens is 448 g/mol. The number of nitrogens with one attached hydrogen (secondary N) is 1. The molecule has 0 bridgehead atoms. The van der Waals surface area contributed by atoms with E-state index in [-0.39, 0.29) is 43.2 Å². The molecule has 3 atom stereocenters. The highest BCUT2D eigenvalue weighted by molar-refractivity contribution is 5.95. The number of likely N-dealkylation sites (N-methyl/N-ethyl adjacent to an activating group) is 1. The van der Waals surface area contributed by atoms with Crippen LogP contribution in [0.4, 0.5) is 10.5 Å². The van der Waals surface area contributed by atoms with Crippen LogP contribution in [-0.2, 0) is 20.7 Å². The molecule has 1 heterocycles. The number of hydrogen-bond acceptors (Lipinski definition) is 6. The summed E-state index contributed by atoms with van der Waals surface area (Å²) in [4.78, 5) is 39.6. The summed E-state index contributed by atoms with van der Waals surface area (Å²) in [5.74, 6) is -0.231. The first kappa shape index (κ1) is 28.7. The third-order valence-electron chi connectivity index (χ3n) is 5.87. The molecule has 186 valence electrons. The van der Waals surface area contributed by atoms with Crippen LogP contribution in [0, 0.1) is 5.41 Å². The van der Waals surface area contributed by atoms with Gasteiger partial charge in [-0.15, -0.1) is 12.4 Å². The molecule has 0 radical (unpaired) electrons. The number of rotatable bonds is 8. The third-order valence-corrected chi connectivity index (χ3v) is 5.87. The summed E-state index contributed by atoms with van der Waals surface area (Å²) >= 11 is 0. The lowest BCUT2D eigenvalue weighted by atomic mass is 9.80. The number of nitrogens with two attached hydrogens (primary N) is 1. The van der Waals surface area contributed by atoms with Gasteiger partial charge in [-0.2, -0.15) is 0 Å². The maximum absolute atomic E-state index is 13.3. The molecule has 1 unspecified atom stereocenters. The molecule has 4 N–H and O–H groups in total. The number of hydrogen-bond donors (Lipinski definition) is 3. The van der Waals surface area contributed by atoms with Crippen LogP contribution in [0.3, 0.4) is 0 Å². The first-order chi connectivity index (χ1) is 14.9. The molecular formula is C23H37ClN4O5. The smallest absolute Gasteiger partial charge is 0.407 e. The van der Waals surface area contributed by atoms with Crippen molar-refractivity contribution in [3.63, 3.8) is 0 Å². The molecule has 0 aliphatic carbocycles. The van der Waals surface area contributed by atoms with Gasteiger partial charge in [0.25, 0.3) is 0 Å². The van der Waals surface area contributed by atoms with E-state index >= 15 is 0 Å². The second-order valence-corrected chi connectivity index (χ2v) is 9.35. The standard InChI is InChI=1S/C23H36N4O5.ClH/c1-15(28)26(4)14-20(29)18(24)11-23(2,3)12-21(30)27-13-17(25-22(31)32-5)10-16-8-6-7-9-19(16)27;/h6-9,17-18,20,29H,10-14,24H2,1-5H3,(H,25,31);1H/t17?,18-,20-;/m0./s1. The van der Waals surface area contributed by atoms with Gasteiger partial charge in [0.1, 0.15) is 0 Å². The maximum atomic E-state index is 13.3. The molecule has 0 saturated heterocycles. The zero-order valence-corrected chi connectivity index (χ0v) is 20.9. The Balaban J connectivity index is 0.00000544. The number of halogens is 1. The fourth-order valence-electron chi connectivity index (χ4n) is 4.05. The Labute approximate surface area is 202 Å². The number of fused-ring (bicyclic) bond motifs is 1. The molecule has 1 aliphatic heterocycles. The van der Waals surface area contributed by atoms with Gasteiger partial charge < -0.3 is 30.7 Å². The SMILES string of the molecule is COC(=O)NC1Cc2ccccc2N(C(=O)CC(C)(C)C[C@H](N)[C@@H](O)CN(C)C(C)=O)C1.Cl. The topological polar surface area (TPSA) is 125 Å². The molecule has 2 rings (SSSR count). The minimum absolute atomic E-state index is 0. The molecule has 1 aromatic carbocycles. The summed E-state index contributed by atoms with van der Waals surface area (Å²) in [7, 11) is 2.92. The van der Waals surface area contributed by atoms with E-state index < -0.39 is 23.7 Å². The minimum Gasteiger partial charge on any atom is -0.453 e. The van der Waals surface area contributed by atoms with Crippen molar-refractivity contribution in [3.8, 4) is 0 Å². The van der Waals surface area contributed by atoms with Crippen molar-refractivity contribution in [2.75, 3.05) is 32.1 Å². The zero-order valence-electron chi connectivity index (χ0n) is 20.0. The first-order valence-electron chi connectivity index (χ1n) is 10.8. The van der Waals surface area contributed by atoms with E-state index in [0.29, 0.717) is 19.4 Å².